The van der Waals surface area contributed by atoms with Gasteiger partial charge in [0.25, 0.3) is 0 Å². The first kappa shape index (κ1) is 23.6. The molecule has 5 heteroatoms. The number of carbonyl (C=O) groups is 2. The van der Waals surface area contributed by atoms with Gasteiger partial charge >= 0.3 is 5.97 Å². The summed E-state index contributed by atoms with van der Waals surface area (Å²) in [6, 6.07) is 0. The Kier molecular flexibility index (Phi) is 4.43. The van der Waals surface area contributed by atoms with Gasteiger partial charge in [0.05, 0.1) is 0 Å². The molecule has 10 atom stereocenters. The number of allylic oxidation sites excluding steroid dienone is 2. The number of ether oxygens (including phenoxy) is 3. The highest BCUT2D eigenvalue weighted by Gasteiger charge is 2.82. The lowest BCUT2D eigenvalue weighted by Crippen LogP contribution is -2.56. The van der Waals surface area contributed by atoms with E-state index in [4.69, 9.17) is 14.2 Å². The number of carbonyl (C=O) groups excluding carboxylic acids is 2. The molecule has 0 aromatic rings. The Labute approximate surface area is 215 Å². The zero-order chi connectivity index (χ0) is 25.5. The zero-order valence-electron chi connectivity index (χ0n) is 22.8. The quantitative estimate of drug-likeness (QED) is 0.442. The van der Waals surface area contributed by atoms with Gasteiger partial charge in [0.15, 0.2) is 12.1 Å². The average molecular weight is 495 g/mol. The van der Waals surface area contributed by atoms with E-state index >= 15 is 0 Å². The van der Waals surface area contributed by atoms with Crippen molar-refractivity contribution in [2.75, 3.05) is 7.11 Å². The highest BCUT2D eigenvalue weighted by molar-refractivity contribution is 5.96. The van der Waals surface area contributed by atoms with Gasteiger partial charge in [-0.1, -0.05) is 33.8 Å². The summed E-state index contributed by atoms with van der Waals surface area (Å²) >= 11 is 0. The van der Waals surface area contributed by atoms with Crippen LogP contribution in [0, 0.1) is 50.7 Å². The Morgan fingerprint density at radius 2 is 1.72 bits per heavy atom. The molecule has 0 unspecified atom stereocenters. The third kappa shape index (κ3) is 2.47. The molecule has 4 saturated carbocycles. The van der Waals surface area contributed by atoms with Crippen LogP contribution in [-0.2, 0) is 23.8 Å². The van der Waals surface area contributed by atoms with Gasteiger partial charge in [0.1, 0.15) is 0 Å². The number of methoxy groups -OCH3 is 1. The zero-order valence-corrected chi connectivity index (χ0v) is 22.8. The predicted molar refractivity (Wildman–Crippen MR) is 134 cm³/mol. The molecule has 2 aliphatic heterocycles. The molecule has 0 bridgehead atoms. The van der Waals surface area contributed by atoms with E-state index in [2.05, 4.69) is 33.8 Å². The largest absolute Gasteiger partial charge is 0.426 e. The molecule has 36 heavy (non-hydrogen) atoms. The van der Waals surface area contributed by atoms with Crippen LogP contribution in [0.2, 0.25) is 0 Å². The third-order valence-electron chi connectivity index (χ3n) is 13.4. The molecule has 3 spiro atoms. The Hall–Kier alpha value is -1.46. The maximum Gasteiger partial charge on any atom is 0.336 e. The monoisotopic (exact) mass is 494 g/mol. The van der Waals surface area contributed by atoms with Gasteiger partial charge in [-0.05, 0) is 103 Å². The van der Waals surface area contributed by atoms with E-state index in [9.17, 15) is 9.59 Å². The maximum atomic E-state index is 12.8. The lowest BCUT2D eigenvalue weighted by molar-refractivity contribution is -0.234. The van der Waals surface area contributed by atoms with Gasteiger partial charge < -0.3 is 14.2 Å². The number of hydrogen-bond donors (Lipinski definition) is 0. The number of ketones is 1. The topological polar surface area (TPSA) is 61.8 Å². The van der Waals surface area contributed by atoms with Crippen molar-refractivity contribution in [2.24, 2.45) is 50.7 Å². The second kappa shape index (κ2) is 6.75. The van der Waals surface area contributed by atoms with Gasteiger partial charge in [0, 0.05) is 30.4 Å². The van der Waals surface area contributed by atoms with Crippen LogP contribution < -0.4 is 0 Å². The lowest BCUT2D eigenvalue weighted by Gasteiger charge is -2.62. The van der Waals surface area contributed by atoms with Gasteiger partial charge in [0.2, 0.25) is 5.79 Å². The Bertz CT molecular complexity index is 1120. The maximum absolute atomic E-state index is 12.8. The molecule has 0 aromatic carbocycles. The fourth-order valence-corrected chi connectivity index (χ4v) is 11.5. The first-order chi connectivity index (χ1) is 16.9. The fourth-order valence-electron chi connectivity index (χ4n) is 11.5. The number of rotatable bonds is 2. The Balaban J connectivity index is 1.22. The molecule has 0 N–H and O–H groups in total. The normalized spacial score (nSPS) is 56.1. The van der Waals surface area contributed by atoms with Crippen LogP contribution in [0.25, 0.3) is 0 Å². The molecule has 0 radical (unpaired) electrons. The van der Waals surface area contributed by atoms with Crippen LogP contribution in [0.4, 0.5) is 0 Å². The highest BCUT2D eigenvalue weighted by atomic mass is 16.8. The summed E-state index contributed by atoms with van der Waals surface area (Å²) in [4.78, 5) is 25.1. The van der Waals surface area contributed by atoms with E-state index in [0.717, 1.165) is 0 Å². The second-order valence-electron chi connectivity index (χ2n) is 14.6. The molecule has 5 fully saturated rings. The van der Waals surface area contributed by atoms with Crippen molar-refractivity contribution in [3.8, 4) is 0 Å². The molecule has 2 heterocycles. The predicted octanol–water partition coefficient (Wildman–Crippen LogP) is 5.98. The molecule has 0 amide bonds. The van der Waals surface area contributed by atoms with Crippen LogP contribution in [0.1, 0.15) is 86.0 Å². The molecule has 7 aliphatic rings. The highest BCUT2D eigenvalue weighted by Crippen LogP contribution is 2.88. The van der Waals surface area contributed by atoms with E-state index < -0.39 is 5.79 Å². The summed E-state index contributed by atoms with van der Waals surface area (Å²) in [5.41, 5.74) is 1.44. The number of esters is 1. The van der Waals surface area contributed by atoms with Crippen molar-refractivity contribution in [1.82, 2.24) is 0 Å². The van der Waals surface area contributed by atoms with Crippen LogP contribution in [0.15, 0.2) is 23.8 Å². The van der Waals surface area contributed by atoms with Crippen LogP contribution >= 0.6 is 0 Å². The van der Waals surface area contributed by atoms with Crippen molar-refractivity contribution in [3.05, 3.63) is 23.8 Å². The molecule has 5 nitrogen and oxygen atoms in total. The first-order valence-electron chi connectivity index (χ1n) is 14.3. The third-order valence-corrected chi connectivity index (χ3v) is 13.4. The van der Waals surface area contributed by atoms with E-state index in [-0.39, 0.29) is 39.8 Å². The SMILES string of the molecule is CO[C@H]1O[C@]2(C=C(C)C(=O)O2)C[C@@H]1[C@H]1CC[C@@]2(C)[C@@H]3CC[C@H]4C(C)(C)C(=O)C=C[C@@]45C[C@@]35CC[C@]12C. The van der Waals surface area contributed by atoms with Crippen molar-refractivity contribution in [1.29, 1.82) is 0 Å². The molecule has 196 valence electrons. The van der Waals surface area contributed by atoms with Gasteiger partial charge in [-0.15, -0.1) is 0 Å². The van der Waals surface area contributed by atoms with Crippen molar-refractivity contribution in [2.45, 2.75) is 98.1 Å². The molecule has 1 saturated heterocycles. The summed E-state index contributed by atoms with van der Waals surface area (Å²) in [6.45, 7) is 11.4. The van der Waals surface area contributed by atoms with E-state index in [1.165, 1.54) is 44.9 Å². The van der Waals surface area contributed by atoms with Crippen molar-refractivity contribution < 1.29 is 23.8 Å². The van der Waals surface area contributed by atoms with Gasteiger partial charge in [-0.25, -0.2) is 4.79 Å². The number of hydrogen-bond acceptors (Lipinski definition) is 5. The van der Waals surface area contributed by atoms with Crippen LogP contribution in [0.3, 0.4) is 0 Å². The molecule has 5 aliphatic carbocycles. The minimum Gasteiger partial charge on any atom is -0.426 e. The van der Waals surface area contributed by atoms with E-state index in [1.54, 1.807) is 14.0 Å². The van der Waals surface area contributed by atoms with Crippen molar-refractivity contribution in [3.63, 3.8) is 0 Å². The second-order valence-corrected chi connectivity index (χ2v) is 14.6. The minimum atomic E-state index is -0.957. The van der Waals surface area contributed by atoms with Crippen LogP contribution in [-0.4, -0.2) is 30.9 Å². The Morgan fingerprint density at radius 1 is 0.972 bits per heavy atom. The van der Waals surface area contributed by atoms with E-state index in [0.29, 0.717) is 40.9 Å². The lowest BCUT2D eigenvalue weighted by atomic mass is 9.42. The molecule has 0 aromatic heterocycles. The number of fused-ring (bicyclic) bond motifs is 2. The van der Waals surface area contributed by atoms with Gasteiger partial charge in [-0.3, -0.25) is 4.79 Å². The summed E-state index contributed by atoms with van der Waals surface area (Å²) in [6.07, 6.45) is 15.1. The summed E-state index contributed by atoms with van der Waals surface area (Å²) in [5.74, 6) is 0.959. The first-order valence-corrected chi connectivity index (χ1v) is 14.3. The summed E-state index contributed by atoms with van der Waals surface area (Å²) < 4.78 is 18.0. The van der Waals surface area contributed by atoms with Crippen molar-refractivity contribution >= 4 is 11.8 Å². The standard InChI is InChI=1S/C31H42O5/c1-18-15-31(35-24(18)33)16-19(25(34-6)36-31)20-9-11-28(5)22-8-7-21-26(2,3)23(32)10-12-29(21)17-30(22,29)14-13-27(20,28)4/h10,12,15,19-22,25H,7-9,11,13-14,16-17H2,1-6H3/t19-,20-,21+,22+,25+,27-,28+,29-,30+,31-/m1/s1. The van der Waals surface area contributed by atoms with E-state index in [1.807, 2.05) is 12.2 Å². The molecular weight excluding hydrogens is 452 g/mol. The Morgan fingerprint density at radius 3 is 2.42 bits per heavy atom. The average Bonchev–Trinajstić information content (AvgIpc) is 3.06. The fraction of sp³-hybridized carbons (Fsp3) is 0.806. The minimum absolute atomic E-state index is 0.195. The summed E-state index contributed by atoms with van der Waals surface area (Å²) in [5, 5.41) is 0. The van der Waals surface area contributed by atoms with Gasteiger partial charge in [-0.2, -0.15) is 0 Å². The molecular formula is C31H42O5. The molecule has 7 rings (SSSR count). The summed E-state index contributed by atoms with van der Waals surface area (Å²) in [7, 11) is 1.73. The smallest absolute Gasteiger partial charge is 0.336 e. The van der Waals surface area contributed by atoms with Crippen LogP contribution in [0.5, 0.6) is 0 Å².